The summed E-state index contributed by atoms with van der Waals surface area (Å²) < 4.78 is 48.9. The van der Waals surface area contributed by atoms with E-state index in [1.807, 2.05) is 24.3 Å². The normalized spacial score (nSPS) is 11.5. The van der Waals surface area contributed by atoms with E-state index < -0.39 is 7.25 Å². The Hall–Kier alpha value is -3.57. The zero-order valence-corrected chi connectivity index (χ0v) is 25.9. The molecule has 0 aliphatic carbocycles. The van der Waals surface area contributed by atoms with Gasteiger partial charge in [-0.25, -0.2) is 4.98 Å². The standard InChI is InChI=1S/C32H25ClIN2O.BF4/c1-19-15-20(2)32(34)21(3)31(19)22-7-6-8-24(16-22)37-25-11-12-27-26-9-4-5-10-28(26)36(29(27)18-25)30-17-23(33)13-14-35-30;2-1(3,4)5/h4-18,34H,1-3H3;/q+1;-1. The number of benzene rings is 4. The van der Waals surface area contributed by atoms with E-state index in [1.165, 1.54) is 25.8 Å². The van der Waals surface area contributed by atoms with Crippen molar-refractivity contribution in [2.75, 3.05) is 0 Å². The maximum absolute atomic E-state index is 9.75. The molecule has 3 nitrogen and oxygen atoms in total. The topological polar surface area (TPSA) is 27.1 Å². The number of fused-ring (bicyclic) bond motifs is 3. The fraction of sp³-hybridized carbons (Fsp3) is 0.0938. The largest absolute Gasteiger partial charge is 0.673 e. The first-order valence-corrected chi connectivity index (χ1v) is 14.5. The number of aryl methyl sites for hydroxylation is 2. The van der Waals surface area contributed by atoms with Gasteiger partial charge in [0, 0.05) is 45.3 Å². The molecule has 0 radical (unpaired) electrons. The van der Waals surface area contributed by atoms with Gasteiger partial charge in [-0.1, -0.05) is 48.0 Å². The van der Waals surface area contributed by atoms with Crippen molar-refractivity contribution < 1.29 is 44.6 Å². The lowest BCUT2D eigenvalue weighted by atomic mass is 9.94. The zero-order valence-electron chi connectivity index (χ0n) is 22.8. The Balaban J connectivity index is 0.000000652. The summed E-state index contributed by atoms with van der Waals surface area (Å²) >= 11 is 8.44. The Bertz CT molecular complexity index is 1930. The minimum Gasteiger partial charge on any atom is -0.457 e. The molecule has 0 amide bonds. The number of para-hydroxylation sites is 1. The summed E-state index contributed by atoms with van der Waals surface area (Å²) in [6.07, 6.45) is 1.74. The van der Waals surface area contributed by atoms with E-state index in [0.717, 1.165) is 44.7 Å². The van der Waals surface area contributed by atoms with Crippen LogP contribution in [0.3, 0.4) is 0 Å². The molecule has 0 atom stereocenters. The first kappa shape index (κ1) is 29.9. The fourth-order valence-corrected chi connectivity index (χ4v) is 5.85. The van der Waals surface area contributed by atoms with Gasteiger partial charge >= 0.3 is 7.25 Å². The molecule has 42 heavy (non-hydrogen) atoms. The van der Waals surface area contributed by atoms with Gasteiger partial charge < -0.3 is 22.0 Å². The summed E-state index contributed by atoms with van der Waals surface area (Å²) in [6, 6.07) is 28.9. The minimum absolute atomic E-state index is 0.650. The van der Waals surface area contributed by atoms with Crippen molar-refractivity contribution in [3.63, 3.8) is 0 Å². The molecule has 4 aromatic carbocycles. The van der Waals surface area contributed by atoms with Crippen LogP contribution in [0.5, 0.6) is 11.5 Å². The number of hydrogen-bond donors (Lipinski definition) is 0. The highest BCUT2D eigenvalue weighted by atomic mass is 127. The highest BCUT2D eigenvalue weighted by Crippen LogP contribution is 2.36. The summed E-state index contributed by atoms with van der Waals surface area (Å²) in [4.78, 5) is 4.61. The van der Waals surface area contributed by atoms with Crippen LogP contribution in [0.2, 0.25) is 5.02 Å². The van der Waals surface area contributed by atoms with Gasteiger partial charge in [-0.05, 0) is 73.9 Å². The van der Waals surface area contributed by atoms with Crippen LogP contribution in [0, 0.1) is 24.3 Å². The SMILES string of the molecule is Cc1cc(C)c(-c2cccc(Oc3ccc4c5ccccc5n(-c5cc(Cl)ccn5)c4c3)c2)c(C)c1[IH+].F[B-](F)(F)F. The third-order valence-electron chi connectivity index (χ3n) is 6.84. The van der Waals surface area contributed by atoms with E-state index in [2.05, 4.69) is 108 Å². The average Bonchev–Trinajstić information content (AvgIpc) is 3.25. The molecule has 0 saturated carbocycles. The van der Waals surface area contributed by atoms with Gasteiger partial charge in [-0.15, -0.1) is 0 Å². The Morgan fingerprint density at radius 1 is 0.762 bits per heavy atom. The number of aromatic nitrogens is 2. The lowest BCUT2D eigenvalue weighted by molar-refractivity contribution is -0.330. The molecular formula is C32H25BClF4IN2O. The van der Waals surface area contributed by atoms with Crippen molar-refractivity contribution >= 4 is 40.7 Å². The molecule has 0 unspecified atom stereocenters. The second-order valence-corrected chi connectivity index (χ2v) is 11.4. The molecule has 2 heterocycles. The molecular weight excluding hydrogens is 678 g/mol. The monoisotopic (exact) mass is 702 g/mol. The highest BCUT2D eigenvalue weighted by Gasteiger charge is 2.21. The van der Waals surface area contributed by atoms with Crippen molar-refractivity contribution in [2.24, 2.45) is 0 Å². The van der Waals surface area contributed by atoms with Gasteiger partial charge in [0.1, 0.15) is 17.3 Å². The average molecular weight is 703 g/mol. The van der Waals surface area contributed by atoms with Gasteiger partial charge in [0.2, 0.25) is 0 Å². The third-order valence-corrected chi connectivity index (χ3v) is 8.87. The van der Waals surface area contributed by atoms with Crippen LogP contribution in [-0.4, -0.2) is 16.8 Å². The van der Waals surface area contributed by atoms with Crippen LogP contribution in [-0.2, 0) is 0 Å². The summed E-state index contributed by atoms with van der Waals surface area (Å²) in [7, 11) is -6.00. The summed E-state index contributed by atoms with van der Waals surface area (Å²) in [5.41, 5.74) is 8.46. The molecule has 0 aliphatic rings. The summed E-state index contributed by atoms with van der Waals surface area (Å²) in [5.74, 6) is 2.35. The summed E-state index contributed by atoms with van der Waals surface area (Å²) in [5, 5.41) is 2.95. The first-order valence-electron chi connectivity index (χ1n) is 13.0. The van der Waals surface area contributed by atoms with E-state index in [4.69, 9.17) is 16.3 Å². The zero-order chi connectivity index (χ0) is 30.2. The lowest BCUT2D eigenvalue weighted by Gasteiger charge is -2.13. The third kappa shape index (κ3) is 6.42. The molecule has 0 spiro atoms. The molecule has 0 fully saturated rings. The fourth-order valence-electron chi connectivity index (χ4n) is 5.24. The second-order valence-electron chi connectivity index (χ2n) is 9.83. The maximum atomic E-state index is 9.75. The van der Waals surface area contributed by atoms with E-state index >= 15 is 0 Å². The molecule has 6 aromatic rings. The second kappa shape index (κ2) is 12.0. The van der Waals surface area contributed by atoms with Crippen LogP contribution in [0.1, 0.15) is 16.7 Å². The van der Waals surface area contributed by atoms with E-state index in [0.29, 0.717) is 5.02 Å². The molecule has 10 heteroatoms. The predicted octanol–water partition coefficient (Wildman–Crippen LogP) is 6.97. The van der Waals surface area contributed by atoms with Crippen molar-refractivity contribution in [2.45, 2.75) is 20.8 Å². The molecule has 214 valence electrons. The number of hydrogen-bond acceptors (Lipinski definition) is 2. The van der Waals surface area contributed by atoms with Gasteiger partial charge in [-0.3, -0.25) is 4.57 Å². The van der Waals surface area contributed by atoms with Crippen molar-refractivity contribution in [1.29, 1.82) is 0 Å². The van der Waals surface area contributed by atoms with Crippen LogP contribution in [0.15, 0.2) is 91.1 Å². The Morgan fingerprint density at radius 3 is 2.19 bits per heavy atom. The van der Waals surface area contributed by atoms with Crippen LogP contribution < -0.4 is 27.3 Å². The van der Waals surface area contributed by atoms with Crippen LogP contribution in [0.4, 0.5) is 17.3 Å². The first-order chi connectivity index (χ1) is 19.9. The van der Waals surface area contributed by atoms with Gasteiger partial charge in [0.15, 0.2) is 3.57 Å². The number of halogens is 6. The Labute approximate surface area is 259 Å². The maximum Gasteiger partial charge on any atom is 0.673 e. The Morgan fingerprint density at radius 2 is 1.45 bits per heavy atom. The lowest BCUT2D eigenvalue weighted by Crippen LogP contribution is -3.34. The molecule has 0 bridgehead atoms. The molecule has 0 saturated heterocycles. The van der Waals surface area contributed by atoms with Crippen molar-refractivity contribution in [3.8, 4) is 28.4 Å². The quantitative estimate of drug-likeness (QED) is 0.113. The van der Waals surface area contributed by atoms with Crippen molar-refractivity contribution in [1.82, 2.24) is 9.55 Å². The van der Waals surface area contributed by atoms with Gasteiger partial charge in [0.05, 0.1) is 11.0 Å². The van der Waals surface area contributed by atoms with Crippen LogP contribution in [0.25, 0.3) is 38.8 Å². The van der Waals surface area contributed by atoms with Crippen molar-refractivity contribution in [3.05, 3.63) is 116 Å². The van der Waals surface area contributed by atoms with Crippen LogP contribution >= 0.6 is 11.6 Å². The van der Waals surface area contributed by atoms with E-state index in [9.17, 15) is 17.3 Å². The Kier molecular flexibility index (Phi) is 8.52. The van der Waals surface area contributed by atoms with E-state index in [1.54, 1.807) is 12.3 Å². The number of pyridine rings is 1. The smallest absolute Gasteiger partial charge is 0.457 e. The predicted molar refractivity (Wildman–Crippen MR) is 160 cm³/mol. The molecule has 2 aromatic heterocycles. The van der Waals surface area contributed by atoms with Gasteiger partial charge in [-0.2, -0.15) is 0 Å². The molecule has 0 N–H and O–H groups in total. The van der Waals surface area contributed by atoms with Gasteiger partial charge in [0.25, 0.3) is 22.6 Å². The molecule has 0 aliphatic heterocycles. The number of nitrogens with zero attached hydrogens (tertiary/aromatic N) is 2. The number of ether oxygens (including phenoxy) is 1. The van der Waals surface area contributed by atoms with E-state index in [-0.39, 0.29) is 0 Å². The highest BCUT2D eigenvalue weighted by molar-refractivity contribution is 6.50. The molecule has 6 rings (SSSR count). The minimum atomic E-state index is -6.00. The number of rotatable bonds is 4. The summed E-state index contributed by atoms with van der Waals surface area (Å²) in [6.45, 7) is 6.56.